The maximum Gasteiger partial charge on any atom is 0.0417 e. The van der Waals surface area contributed by atoms with E-state index in [0.717, 1.165) is 25.9 Å². The van der Waals surface area contributed by atoms with Crippen LogP contribution in [0.25, 0.3) is 0 Å². The van der Waals surface area contributed by atoms with Gasteiger partial charge >= 0.3 is 0 Å². The van der Waals surface area contributed by atoms with Crippen molar-refractivity contribution >= 4 is 5.69 Å². The van der Waals surface area contributed by atoms with Crippen LogP contribution in [0.15, 0.2) is 35.9 Å². The maximum atomic E-state index is 6.19. The molecule has 1 atom stereocenters. The Morgan fingerprint density at radius 2 is 2.12 bits per heavy atom. The minimum Gasteiger partial charge on any atom is -0.367 e. The molecule has 1 aliphatic heterocycles. The normalized spacial score (nSPS) is 17.8. The summed E-state index contributed by atoms with van der Waals surface area (Å²) >= 11 is 0. The molecule has 92 valence electrons. The molecule has 0 spiro atoms. The van der Waals surface area contributed by atoms with Crippen LogP contribution < -0.4 is 10.6 Å². The SMILES string of the molecule is CCC(N)c1ccccc1N1CC=C(C)CC1. The number of anilines is 1. The van der Waals surface area contributed by atoms with Crippen LogP contribution in [0.4, 0.5) is 5.69 Å². The molecule has 0 fully saturated rings. The summed E-state index contributed by atoms with van der Waals surface area (Å²) in [6.07, 6.45) is 4.47. The summed E-state index contributed by atoms with van der Waals surface area (Å²) < 4.78 is 0. The molecule has 0 aromatic heterocycles. The van der Waals surface area contributed by atoms with Gasteiger partial charge in [-0.3, -0.25) is 0 Å². The van der Waals surface area contributed by atoms with Crippen molar-refractivity contribution in [3.05, 3.63) is 41.5 Å². The highest BCUT2D eigenvalue weighted by Gasteiger charge is 2.15. The average Bonchev–Trinajstić information content (AvgIpc) is 2.39. The Kier molecular flexibility index (Phi) is 3.85. The van der Waals surface area contributed by atoms with Crippen molar-refractivity contribution in [1.29, 1.82) is 0 Å². The van der Waals surface area contributed by atoms with Crippen LogP contribution in [0.2, 0.25) is 0 Å². The minimum absolute atomic E-state index is 0.151. The van der Waals surface area contributed by atoms with Gasteiger partial charge in [0.15, 0.2) is 0 Å². The molecule has 1 unspecified atom stereocenters. The Labute approximate surface area is 104 Å². The van der Waals surface area contributed by atoms with Crippen LogP contribution >= 0.6 is 0 Å². The summed E-state index contributed by atoms with van der Waals surface area (Å²) in [6.45, 7) is 6.47. The molecular formula is C15H22N2. The zero-order chi connectivity index (χ0) is 12.3. The molecule has 2 N–H and O–H groups in total. The van der Waals surface area contributed by atoms with Gasteiger partial charge in [0.25, 0.3) is 0 Å². The van der Waals surface area contributed by atoms with E-state index in [9.17, 15) is 0 Å². The average molecular weight is 230 g/mol. The van der Waals surface area contributed by atoms with Crippen molar-refractivity contribution in [3.8, 4) is 0 Å². The summed E-state index contributed by atoms with van der Waals surface area (Å²) in [4.78, 5) is 2.43. The summed E-state index contributed by atoms with van der Waals surface area (Å²) in [6, 6.07) is 8.69. The molecule has 0 aliphatic carbocycles. The van der Waals surface area contributed by atoms with Crippen LogP contribution in [-0.2, 0) is 0 Å². The third-order valence-electron chi connectivity index (χ3n) is 3.55. The van der Waals surface area contributed by atoms with E-state index in [-0.39, 0.29) is 6.04 Å². The predicted molar refractivity (Wildman–Crippen MR) is 74.2 cm³/mol. The molecule has 0 saturated heterocycles. The molecule has 2 rings (SSSR count). The summed E-state index contributed by atoms with van der Waals surface area (Å²) in [5.74, 6) is 0. The van der Waals surface area contributed by atoms with Gasteiger partial charge < -0.3 is 10.6 Å². The fourth-order valence-electron chi connectivity index (χ4n) is 2.30. The van der Waals surface area contributed by atoms with Gasteiger partial charge in [0.05, 0.1) is 0 Å². The Morgan fingerprint density at radius 1 is 1.35 bits per heavy atom. The van der Waals surface area contributed by atoms with Crippen molar-refractivity contribution in [2.45, 2.75) is 32.7 Å². The van der Waals surface area contributed by atoms with Crippen LogP contribution in [0.5, 0.6) is 0 Å². The van der Waals surface area contributed by atoms with Gasteiger partial charge in [0.2, 0.25) is 0 Å². The van der Waals surface area contributed by atoms with E-state index in [1.807, 2.05) is 0 Å². The molecule has 0 radical (unpaired) electrons. The molecule has 0 amide bonds. The van der Waals surface area contributed by atoms with Crippen LogP contribution in [0.3, 0.4) is 0 Å². The molecule has 0 bridgehead atoms. The van der Waals surface area contributed by atoms with E-state index in [2.05, 4.69) is 49.1 Å². The van der Waals surface area contributed by atoms with Crippen molar-refractivity contribution < 1.29 is 0 Å². The van der Waals surface area contributed by atoms with E-state index in [1.54, 1.807) is 0 Å². The molecule has 17 heavy (non-hydrogen) atoms. The van der Waals surface area contributed by atoms with Crippen molar-refractivity contribution in [2.24, 2.45) is 5.73 Å². The zero-order valence-electron chi connectivity index (χ0n) is 10.8. The Bertz CT molecular complexity index is 409. The third-order valence-corrected chi connectivity index (χ3v) is 3.55. The van der Waals surface area contributed by atoms with Crippen LogP contribution in [-0.4, -0.2) is 13.1 Å². The van der Waals surface area contributed by atoms with E-state index in [4.69, 9.17) is 5.73 Å². The van der Waals surface area contributed by atoms with E-state index >= 15 is 0 Å². The standard InChI is InChI=1S/C15H22N2/c1-3-14(16)13-6-4-5-7-15(13)17-10-8-12(2)9-11-17/h4-8,14H,3,9-11,16H2,1-2H3. The first kappa shape index (κ1) is 12.2. The number of para-hydroxylation sites is 1. The van der Waals surface area contributed by atoms with E-state index < -0.39 is 0 Å². The number of hydrogen-bond acceptors (Lipinski definition) is 2. The van der Waals surface area contributed by atoms with Crippen molar-refractivity contribution in [2.75, 3.05) is 18.0 Å². The third kappa shape index (κ3) is 2.70. The largest absolute Gasteiger partial charge is 0.367 e. The predicted octanol–water partition coefficient (Wildman–Crippen LogP) is 3.25. The lowest BCUT2D eigenvalue weighted by Gasteiger charge is -2.30. The first-order valence-corrected chi connectivity index (χ1v) is 6.47. The van der Waals surface area contributed by atoms with Gasteiger partial charge in [0.1, 0.15) is 0 Å². The second kappa shape index (κ2) is 5.37. The number of nitrogens with zero attached hydrogens (tertiary/aromatic N) is 1. The maximum absolute atomic E-state index is 6.19. The lowest BCUT2D eigenvalue weighted by Crippen LogP contribution is -2.30. The number of nitrogens with two attached hydrogens (primary N) is 1. The molecule has 2 heteroatoms. The fraction of sp³-hybridized carbons (Fsp3) is 0.467. The Balaban J connectivity index is 2.26. The topological polar surface area (TPSA) is 29.3 Å². The number of rotatable bonds is 3. The van der Waals surface area contributed by atoms with E-state index in [1.165, 1.54) is 16.8 Å². The number of hydrogen-bond donors (Lipinski definition) is 1. The van der Waals surface area contributed by atoms with Crippen LogP contribution in [0.1, 0.15) is 38.3 Å². The quantitative estimate of drug-likeness (QED) is 0.808. The fourth-order valence-corrected chi connectivity index (χ4v) is 2.30. The molecule has 0 saturated carbocycles. The van der Waals surface area contributed by atoms with Gasteiger partial charge in [-0.15, -0.1) is 0 Å². The molecule has 1 aromatic carbocycles. The summed E-state index contributed by atoms with van der Waals surface area (Å²) in [5, 5.41) is 0. The lowest BCUT2D eigenvalue weighted by molar-refractivity contribution is 0.688. The molecule has 1 heterocycles. The highest BCUT2D eigenvalue weighted by molar-refractivity contribution is 5.56. The lowest BCUT2D eigenvalue weighted by atomic mass is 10.0. The Morgan fingerprint density at radius 3 is 2.76 bits per heavy atom. The highest BCUT2D eigenvalue weighted by atomic mass is 15.1. The minimum atomic E-state index is 0.151. The van der Waals surface area contributed by atoms with Crippen molar-refractivity contribution in [1.82, 2.24) is 0 Å². The summed E-state index contributed by atoms with van der Waals surface area (Å²) in [5.41, 5.74) is 10.3. The first-order chi connectivity index (χ1) is 8.22. The van der Waals surface area contributed by atoms with Gasteiger partial charge in [-0.05, 0) is 31.4 Å². The van der Waals surface area contributed by atoms with Gasteiger partial charge in [-0.25, -0.2) is 0 Å². The van der Waals surface area contributed by atoms with Gasteiger partial charge in [-0.1, -0.05) is 36.8 Å². The second-order valence-corrected chi connectivity index (χ2v) is 4.82. The van der Waals surface area contributed by atoms with Crippen LogP contribution in [0, 0.1) is 0 Å². The highest BCUT2D eigenvalue weighted by Crippen LogP contribution is 2.28. The Hall–Kier alpha value is -1.28. The second-order valence-electron chi connectivity index (χ2n) is 4.82. The molecular weight excluding hydrogens is 208 g/mol. The smallest absolute Gasteiger partial charge is 0.0417 e. The van der Waals surface area contributed by atoms with Gasteiger partial charge in [0, 0.05) is 24.8 Å². The van der Waals surface area contributed by atoms with E-state index in [0.29, 0.717) is 0 Å². The molecule has 2 nitrogen and oxygen atoms in total. The molecule has 1 aromatic rings. The van der Waals surface area contributed by atoms with Crippen molar-refractivity contribution in [3.63, 3.8) is 0 Å². The molecule has 1 aliphatic rings. The zero-order valence-corrected chi connectivity index (χ0v) is 10.8. The van der Waals surface area contributed by atoms with Gasteiger partial charge in [-0.2, -0.15) is 0 Å². The monoisotopic (exact) mass is 230 g/mol. The first-order valence-electron chi connectivity index (χ1n) is 6.47. The number of benzene rings is 1. The summed E-state index contributed by atoms with van der Waals surface area (Å²) in [7, 11) is 0.